The van der Waals surface area contributed by atoms with Crippen LogP contribution in [-0.2, 0) is 9.53 Å². The number of carbonyl (C=O) groups excluding carboxylic acids is 1. The second kappa shape index (κ2) is 6.66. The first kappa shape index (κ1) is 12.2. The summed E-state index contributed by atoms with van der Waals surface area (Å²) >= 11 is 0. The van der Waals surface area contributed by atoms with Gasteiger partial charge >= 0.3 is 5.97 Å². The number of carbonyl (C=O) groups is 1. The van der Waals surface area contributed by atoms with Gasteiger partial charge in [-0.3, -0.25) is 0 Å². The third-order valence-corrected chi connectivity index (χ3v) is 1.92. The Morgan fingerprint density at radius 3 is 2.31 bits per heavy atom. The summed E-state index contributed by atoms with van der Waals surface area (Å²) in [6, 6.07) is 0. The zero-order valence-corrected chi connectivity index (χ0v) is 8.72. The van der Waals surface area contributed by atoms with Crippen molar-refractivity contribution in [3.05, 3.63) is 11.1 Å². The van der Waals surface area contributed by atoms with E-state index in [1.807, 2.05) is 13.8 Å². The molecule has 0 aliphatic heterocycles. The maximum absolute atomic E-state index is 11.2. The summed E-state index contributed by atoms with van der Waals surface area (Å²) in [5.41, 5.74) is 7.19. The average Bonchev–Trinajstić information content (AvgIpc) is 2.11. The lowest BCUT2D eigenvalue weighted by molar-refractivity contribution is -0.136. The van der Waals surface area contributed by atoms with Crippen LogP contribution in [0.15, 0.2) is 11.1 Å². The molecule has 0 spiro atoms. The molecule has 0 amide bonds. The van der Waals surface area contributed by atoms with E-state index in [0.29, 0.717) is 6.54 Å². The zero-order chi connectivity index (χ0) is 10.3. The lowest BCUT2D eigenvalue weighted by Crippen LogP contribution is -2.07. The van der Waals surface area contributed by atoms with Gasteiger partial charge in [-0.2, -0.15) is 0 Å². The molecule has 0 aromatic rings. The second-order valence-electron chi connectivity index (χ2n) is 3.22. The summed E-state index contributed by atoms with van der Waals surface area (Å²) in [6.45, 7) is 4.53. The molecule has 0 aliphatic rings. The van der Waals surface area contributed by atoms with Gasteiger partial charge < -0.3 is 10.5 Å². The SMILES string of the molecule is COC(=O)C(CCCCN)=C(C)C. The van der Waals surface area contributed by atoms with Crippen LogP contribution < -0.4 is 5.73 Å². The van der Waals surface area contributed by atoms with Gasteiger partial charge in [-0.1, -0.05) is 5.57 Å². The monoisotopic (exact) mass is 185 g/mol. The highest BCUT2D eigenvalue weighted by Gasteiger charge is 2.10. The quantitative estimate of drug-likeness (QED) is 0.402. The third-order valence-electron chi connectivity index (χ3n) is 1.92. The van der Waals surface area contributed by atoms with E-state index in [4.69, 9.17) is 5.73 Å². The Morgan fingerprint density at radius 2 is 1.92 bits per heavy atom. The first-order valence-electron chi connectivity index (χ1n) is 4.58. The van der Waals surface area contributed by atoms with Gasteiger partial charge in [0.25, 0.3) is 0 Å². The number of rotatable bonds is 5. The summed E-state index contributed by atoms with van der Waals surface area (Å²) < 4.78 is 4.68. The van der Waals surface area contributed by atoms with E-state index in [9.17, 15) is 4.79 Å². The molecule has 0 aliphatic carbocycles. The molecule has 0 saturated heterocycles. The van der Waals surface area contributed by atoms with Crippen molar-refractivity contribution in [1.82, 2.24) is 0 Å². The van der Waals surface area contributed by atoms with Gasteiger partial charge in [0.05, 0.1) is 7.11 Å². The Bertz CT molecular complexity index is 193. The maximum Gasteiger partial charge on any atom is 0.333 e. The molecule has 0 aromatic carbocycles. The van der Waals surface area contributed by atoms with E-state index < -0.39 is 0 Å². The molecule has 0 bridgehead atoms. The smallest absolute Gasteiger partial charge is 0.333 e. The number of methoxy groups -OCH3 is 1. The zero-order valence-electron chi connectivity index (χ0n) is 8.72. The molecule has 0 unspecified atom stereocenters. The van der Waals surface area contributed by atoms with E-state index in [1.54, 1.807) is 0 Å². The fraction of sp³-hybridized carbons (Fsp3) is 0.700. The number of ether oxygens (including phenoxy) is 1. The lowest BCUT2D eigenvalue weighted by atomic mass is 10.0. The van der Waals surface area contributed by atoms with Crippen molar-refractivity contribution in [2.75, 3.05) is 13.7 Å². The number of unbranched alkanes of at least 4 members (excludes halogenated alkanes) is 1. The molecule has 76 valence electrons. The first-order valence-corrected chi connectivity index (χ1v) is 4.58. The van der Waals surface area contributed by atoms with Crippen LogP contribution >= 0.6 is 0 Å². The summed E-state index contributed by atoms with van der Waals surface area (Å²) in [6.07, 6.45) is 2.67. The molecule has 0 saturated carbocycles. The number of esters is 1. The summed E-state index contributed by atoms with van der Waals surface area (Å²) in [5.74, 6) is -0.211. The summed E-state index contributed by atoms with van der Waals surface area (Å²) in [5, 5.41) is 0. The normalized spacial score (nSPS) is 9.54. The Balaban J connectivity index is 4.14. The van der Waals surface area contributed by atoms with E-state index in [0.717, 1.165) is 30.4 Å². The maximum atomic E-state index is 11.2. The predicted molar refractivity (Wildman–Crippen MR) is 53.3 cm³/mol. The van der Waals surface area contributed by atoms with Crippen LogP contribution in [-0.4, -0.2) is 19.6 Å². The molecule has 3 heteroatoms. The molecule has 0 atom stereocenters. The molecule has 0 heterocycles. The van der Waals surface area contributed by atoms with Crippen molar-refractivity contribution in [1.29, 1.82) is 0 Å². The summed E-state index contributed by atoms with van der Waals surface area (Å²) in [7, 11) is 1.41. The number of allylic oxidation sites excluding steroid dienone is 1. The first-order chi connectivity index (χ1) is 6.13. The predicted octanol–water partition coefficient (Wildman–Crippen LogP) is 1.62. The van der Waals surface area contributed by atoms with Crippen LogP contribution in [0.4, 0.5) is 0 Å². The highest BCUT2D eigenvalue weighted by molar-refractivity contribution is 5.89. The standard InChI is InChI=1S/C10H19NO2/c1-8(2)9(10(12)13-3)6-4-5-7-11/h4-7,11H2,1-3H3. The molecule has 0 aromatic heterocycles. The Hall–Kier alpha value is -0.830. The molecule has 0 rings (SSSR count). The van der Waals surface area contributed by atoms with Crippen molar-refractivity contribution in [2.45, 2.75) is 33.1 Å². The van der Waals surface area contributed by atoms with Crippen molar-refractivity contribution in [3.8, 4) is 0 Å². The van der Waals surface area contributed by atoms with Crippen LogP contribution in [0.25, 0.3) is 0 Å². The fourth-order valence-electron chi connectivity index (χ4n) is 1.13. The van der Waals surface area contributed by atoms with Crippen molar-refractivity contribution in [3.63, 3.8) is 0 Å². The van der Waals surface area contributed by atoms with E-state index >= 15 is 0 Å². The topological polar surface area (TPSA) is 52.3 Å². The highest BCUT2D eigenvalue weighted by Crippen LogP contribution is 2.13. The van der Waals surface area contributed by atoms with Crippen LogP contribution in [0, 0.1) is 0 Å². The Morgan fingerprint density at radius 1 is 1.31 bits per heavy atom. The number of hydrogen-bond acceptors (Lipinski definition) is 3. The number of nitrogens with two attached hydrogens (primary N) is 1. The molecule has 2 N–H and O–H groups in total. The largest absolute Gasteiger partial charge is 0.466 e. The van der Waals surface area contributed by atoms with Gasteiger partial charge in [-0.05, 0) is 39.7 Å². The molecular formula is C10H19NO2. The van der Waals surface area contributed by atoms with Crippen molar-refractivity contribution < 1.29 is 9.53 Å². The second-order valence-corrected chi connectivity index (χ2v) is 3.22. The lowest BCUT2D eigenvalue weighted by Gasteiger charge is -2.06. The molecule has 0 radical (unpaired) electrons. The van der Waals surface area contributed by atoms with Gasteiger partial charge in [0.2, 0.25) is 0 Å². The van der Waals surface area contributed by atoms with Crippen molar-refractivity contribution >= 4 is 5.97 Å². The van der Waals surface area contributed by atoms with Gasteiger partial charge in [0.1, 0.15) is 0 Å². The third kappa shape index (κ3) is 4.68. The average molecular weight is 185 g/mol. The van der Waals surface area contributed by atoms with Gasteiger partial charge in [0.15, 0.2) is 0 Å². The molecule has 0 fully saturated rings. The molecular weight excluding hydrogens is 166 g/mol. The Labute approximate surface area is 79.9 Å². The van der Waals surface area contributed by atoms with E-state index in [2.05, 4.69) is 4.74 Å². The van der Waals surface area contributed by atoms with Crippen LogP contribution in [0.1, 0.15) is 33.1 Å². The minimum atomic E-state index is -0.211. The van der Waals surface area contributed by atoms with Gasteiger partial charge in [-0.25, -0.2) is 4.79 Å². The minimum absolute atomic E-state index is 0.211. The minimum Gasteiger partial charge on any atom is -0.466 e. The van der Waals surface area contributed by atoms with Gasteiger partial charge in [-0.15, -0.1) is 0 Å². The fourth-order valence-corrected chi connectivity index (χ4v) is 1.13. The molecule has 13 heavy (non-hydrogen) atoms. The number of hydrogen-bond donors (Lipinski definition) is 1. The van der Waals surface area contributed by atoms with Gasteiger partial charge in [0, 0.05) is 5.57 Å². The van der Waals surface area contributed by atoms with E-state index in [-0.39, 0.29) is 5.97 Å². The Kier molecular flexibility index (Phi) is 6.24. The van der Waals surface area contributed by atoms with Crippen molar-refractivity contribution in [2.24, 2.45) is 5.73 Å². The van der Waals surface area contributed by atoms with Crippen LogP contribution in [0.5, 0.6) is 0 Å². The van der Waals surface area contributed by atoms with Crippen LogP contribution in [0.3, 0.4) is 0 Å². The summed E-state index contributed by atoms with van der Waals surface area (Å²) in [4.78, 5) is 11.2. The van der Waals surface area contributed by atoms with E-state index in [1.165, 1.54) is 7.11 Å². The molecule has 3 nitrogen and oxygen atoms in total. The highest BCUT2D eigenvalue weighted by atomic mass is 16.5. The van der Waals surface area contributed by atoms with Crippen LogP contribution in [0.2, 0.25) is 0 Å².